The Kier molecular flexibility index (Phi) is 5.57. The number of carbonyl (C=O) groups excluding carboxylic acids is 1. The highest BCUT2D eigenvalue weighted by Gasteiger charge is 2.23. The van der Waals surface area contributed by atoms with Gasteiger partial charge in [-0.25, -0.2) is 18.4 Å². The van der Waals surface area contributed by atoms with Crippen LogP contribution in [0.2, 0.25) is 10.0 Å². The Morgan fingerprint density at radius 2 is 1.95 bits per heavy atom. The van der Waals surface area contributed by atoms with Crippen molar-refractivity contribution < 1.29 is 22.7 Å². The molecule has 0 fully saturated rings. The van der Waals surface area contributed by atoms with Crippen LogP contribution in [0.5, 0.6) is 0 Å². The summed E-state index contributed by atoms with van der Waals surface area (Å²) in [6.45, 7) is 0.178. The second kappa shape index (κ2) is 6.53. The summed E-state index contributed by atoms with van der Waals surface area (Å²) in [5, 5.41) is 4.58. The number of sulfonamides is 1. The van der Waals surface area contributed by atoms with Crippen molar-refractivity contribution in [1.82, 2.24) is 0 Å². The summed E-state index contributed by atoms with van der Waals surface area (Å²) in [5.74, 6) is -0.849. The van der Waals surface area contributed by atoms with E-state index in [1.807, 2.05) is 0 Å². The summed E-state index contributed by atoms with van der Waals surface area (Å²) < 4.78 is 32.1. The van der Waals surface area contributed by atoms with Gasteiger partial charge in [-0.1, -0.05) is 23.2 Å². The quantitative estimate of drug-likeness (QED) is 0.652. The molecule has 1 aromatic carbocycles. The molecule has 1 rings (SSSR count). The molecule has 106 valence electrons. The Bertz CT molecular complexity index is 588. The van der Waals surface area contributed by atoms with Crippen molar-refractivity contribution in [1.29, 1.82) is 0 Å². The number of methoxy groups -OCH3 is 1. The van der Waals surface area contributed by atoms with Gasteiger partial charge >= 0.3 is 5.97 Å². The summed E-state index contributed by atoms with van der Waals surface area (Å²) in [4.78, 5) is 11.4. The molecule has 0 aliphatic carbocycles. The largest absolute Gasteiger partial charge is 0.460 e. The van der Waals surface area contributed by atoms with E-state index in [2.05, 4.69) is 0 Å². The number of primary sulfonamides is 1. The molecule has 0 unspecified atom stereocenters. The Morgan fingerprint density at radius 1 is 1.32 bits per heavy atom. The van der Waals surface area contributed by atoms with Gasteiger partial charge in [-0.05, 0) is 12.1 Å². The third-order valence-corrected chi connectivity index (χ3v) is 3.86. The van der Waals surface area contributed by atoms with Gasteiger partial charge in [0.15, 0.2) is 0 Å². The lowest BCUT2D eigenvalue weighted by molar-refractivity contribution is 0.0388. The van der Waals surface area contributed by atoms with Crippen LogP contribution in [0, 0.1) is 0 Å². The molecule has 0 saturated carbocycles. The Balaban J connectivity index is 3.17. The summed E-state index contributed by atoms with van der Waals surface area (Å²) in [5.41, 5.74) is -0.244. The van der Waals surface area contributed by atoms with Crippen molar-refractivity contribution in [3.63, 3.8) is 0 Å². The van der Waals surface area contributed by atoms with Crippen LogP contribution in [0.3, 0.4) is 0 Å². The van der Waals surface area contributed by atoms with Gasteiger partial charge in [0.1, 0.15) is 11.5 Å². The topological polar surface area (TPSA) is 95.7 Å². The fourth-order valence-electron chi connectivity index (χ4n) is 1.23. The molecule has 0 aliphatic rings. The van der Waals surface area contributed by atoms with Gasteiger partial charge in [0.25, 0.3) is 0 Å². The molecule has 0 amide bonds. The van der Waals surface area contributed by atoms with Crippen LogP contribution >= 0.6 is 23.2 Å². The van der Waals surface area contributed by atoms with Gasteiger partial charge in [0.05, 0.1) is 22.2 Å². The average Bonchev–Trinajstić information content (AvgIpc) is 2.27. The van der Waals surface area contributed by atoms with Crippen LogP contribution < -0.4 is 5.14 Å². The van der Waals surface area contributed by atoms with Gasteiger partial charge in [-0.15, -0.1) is 0 Å². The van der Waals surface area contributed by atoms with Crippen molar-refractivity contribution in [2.24, 2.45) is 5.14 Å². The minimum atomic E-state index is -4.05. The van der Waals surface area contributed by atoms with E-state index in [1.165, 1.54) is 13.2 Å². The molecule has 2 N–H and O–H groups in total. The van der Waals surface area contributed by atoms with Crippen molar-refractivity contribution in [2.45, 2.75) is 4.90 Å². The number of hydrogen-bond acceptors (Lipinski definition) is 5. The summed E-state index contributed by atoms with van der Waals surface area (Å²) in [7, 11) is -2.61. The molecule has 0 radical (unpaired) electrons. The van der Waals surface area contributed by atoms with E-state index in [0.29, 0.717) is 0 Å². The van der Waals surface area contributed by atoms with Crippen molar-refractivity contribution in [3.8, 4) is 0 Å². The third kappa shape index (κ3) is 4.05. The summed E-state index contributed by atoms with van der Waals surface area (Å²) >= 11 is 11.6. The summed E-state index contributed by atoms with van der Waals surface area (Å²) in [6, 6.07) is 2.33. The van der Waals surface area contributed by atoms with Crippen LogP contribution in [0.15, 0.2) is 17.0 Å². The first-order valence-corrected chi connectivity index (χ1v) is 7.26. The fraction of sp³-hybridized carbons (Fsp3) is 0.300. The minimum absolute atomic E-state index is 0.0123. The lowest BCUT2D eigenvalue weighted by Crippen LogP contribution is -2.16. The van der Waals surface area contributed by atoms with E-state index in [1.54, 1.807) is 0 Å². The van der Waals surface area contributed by atoms with Crippen LogP contribution in [-0.2, 0) is 19.5 Å². The standard InChI is InChI=1S/C10H11Cl2NO5S/c1-17-4-5-18-10(14)8-6(11)2-3-7(9(8)12)19(13,15)16/h2-3H,4-5H2,1H3,(H2,13,15,16). The van der Waals surface area contributed by atoms with E-state index < -0.39 is 20.9 Å². The normalized spacial score (nSPS) is 11.4. The number of ether oxygens (including phenoxy) is 2. The predicted molar refractivity (Wildman–Crippen MR) is 70.0 cm³/mol. The number of rotatable bonds is 5. The smallest absolute Gasteiger partial charge is 0.341 e. The SMILES string of the molecule is COCCOC(=O)c1c(Cl)ccc(S(N)(=O)=O)c1Cl. The molecule has 19 heavy (non-hydrogen) atoms. The van der Waals surface area contributed by atoms with Crippen LogP contribution in [0.4, 0.5) is 0 Å². The average molecular weight is 328 g/mol. The van der Waals surface area contributed by atoms with Crippen LogP contribution in [-0.4, -0.2) is 34.7 Å². The Labute approximate surface area is 120 Å². The maximum absolute atomic E-state index is 11.8. The molecular formula is C10H11Cl2NO5S. The Morgan fingerprint density at radius 3 is 2.47 bits per heavy atom. The zero-order chi connectivity index (χ0) is 14.6. The van der Waals surface area contributed by atoms with Crippen LogP contribution in [0.1, 0.15) is 10.4 Å². The van der Waals surface area contributed by atoms with Gasteiger partial charge in [-0.3, -0.25) is 0 Å². The van der Waals surface area contributed by atoms with E-state index in [4.69, 9.17) is 37.8 Å². The second-order valence-electron chi connectivity index (χ2n) is 3.41. The van der Waals surface area contributed by atoms with E-state index in [9.17, 15) is 13.2 Å². The molecular weight excluding hydrogens is 317 g/mol. The molecule has 0 atom stereocenters. The number of benzene rings is 1. The van der Waals surface area contributed by atoms with Gasteiger partial charge in [0, 0.05) is 7.11 Å². The molecule has 0 aromatic heterocycles. The highest BCUT2D eigenvalue weighted by molar-refractivity contribution is 7.89. The molecule has 0 aliphatic heterocycles. The maximum atomic E-state index is 11.8. The van der Waals surface area contributed by atoms with Crippen LogP contribution in [0.25, 0.3) is 0 Å². The van der Waals surface area contributed by atoms with Crippen molar-refractivity contribution in [2.75, 3.05) is 20.3 Å². The number of esters is 1. The minimum Gasteiger partial charge on any atom is -0.460 e. The molecule has 0 bridgehead atoms. The molecule has 0 heterocycles. The lowest BCUT2D eigenvalue weighted by Gasteiger charge is -2.10. The van der Waals surface area contributed by atoms with Crippen molar-refractivity contribution in [3.05, 3.63) is 27.7 Å². The highest BCUT2D eigenvalue weighted by Crippen LogP contribution is 2.31. The molecule has 1 aromatic rings. The zero-order valence-corrected chi connectivity index (χ0v) is 12.2. The number of nitrogens with two attached hydrogens (primary N) is 1. The molecule has 6 nitrogen and oxygen atoms in total. The van der Waals surface area contributed by atoms with E-state index in [-0.39, 0.29) is 28.8 Å². The van der Waals surface area contributed by atoms with E-state index in [0.717, 1.165) is 6.07 Å². The third-order valence-electron chi connectivity index (χ3n) is 2.09. The number of halogens is 2. The first-order valence-electron chi connectivity index (χ1n) is 4.96. The molecule has 9 heteroatoms. The molecule has 0 saturated heterocycles. The predicted octanol–water partition coefficient (Wildman–Crippen LogP) is 1.44. The second-order valence-corrected chi connectivity index (χ2v) is 5.72. The maximum Gasteiger partial charge on any atom is 0.341 e. The van der Waals surface area contributed by atoms with Gasteiger partial charge < -0.3 is 9.47 Å². The molecule has 0 spiro atoms. The van der Waals surface area contributed by atoms with E-state index >= 15 is 0 Å². The highest BCUT2D eigenvalue weighted by atomic mass is 35.5. The van der Waals surface area contributed by atoms with Crippen molar-refractivity contribution >= 4 is 39.2 Å². The van der Waals surface area contributed by atoms with Gasteiger partial charge in [-0.2, -0.15) is 0 Å². The summed E-state index contributed by atoms with van der Waals surface area (Å²) in [6.07, 6.45) is 0. The zero-order valence-electron chi connectivity index (χ0n) is 9.85. The Hall–Kier alpha value is -0.860. The fourth-order valence-corrected chi connectivity index (χ4v) is 2.69. The number of hydrogen-bond donors (Lipinski definition) is 1. The lowest BCUT2D eigenvalue weighted by atomic mass is 10.2. The number of carbonyl (C=O) groups is 1. The van der Waals surface area contributed by atoms with Gasteiger partial charge in [0.2, 0.25) is 10.0 Å². The monoisotopic (exact) mass is 327 g/mol. The first kappa shape index (κ1) is 16.2. The first-order chi connectivity index (χ1) is 8.79.